The lowest BCUT2D eigenvalue weighted by Gasteiger charge is -2.00. The number of hydrogen-bond donors (Lipinski definition) is 0. The first-order valence-corrected chi connectivity index (χ1v) is 4.99. The van der Waals surface area contributed by atoms with Crippen LogP contribution >= 0.6 is 23.2 Å². The van der Waals surface area contributed by atoms with Crippen LogP contribution in [-0.4, -0.2) is 5.78 Å². The molecule has 0 unspecified atom stereocenters. The van der Waals surface area contributed by atoms with Crippen LogP contribution in [0.4, 0.5) is 0 Å². The van der Waals surface area contributed by atoms with Crippen molar-refractivity contribution in [3.63, 3.8) is 0 Å². The molecule has 0 spiro atoms. The van der Waals surface area contributed by atoms with Gasteiger partial charge in [-0.25, -0.2) is 0 Å². The Kier molecular flexibility index (Phi) is 4.18. The maximum Gasteiger partial charge on any atom is 0.163 e. The van der Waals surface area contributed by atoms with E-state index in [1.807, 2.05) is 0 Å². The molecule has 0 saturated heterocycles. The van der Waals surface area contributed by atoms with Crippen molar-refractivity contribution in [1.82, 2.24) is 0 Å². The number of carbonyl (C=O) groups excluding carboxylic acids is 1. The van der Waals surface area contributed by atoms with Crippen molar-refractivity contribution in [2.75, 3.05) is 0 Å². The Hall–Kier alpha value is -0.790. The average molecular weight is 229 g/mol. The van der Waals surface area contributed by atoms with Gasteiger partial charge < -0.3 is 0 Å². The van der Waals surface area contributed by atoms with Gasteiger partial charge in [-0.3, -0.25) is 4.79 Å². The molecule has 0 aliphatic heterocycles. The second kappa shape index (κ2) is 5.18. The van der Waals surface area contributed by atoms with Gasteiger partial charge in [0.2, 0.25) is 0 Å². The van der Waals surface area contributed by atoms with E-state index in [2.05, 4.69) is 6.58 Å². The Morgan fingerprint density at radius 1 is 1.29 bits per heavy atom. The van der Waals surface area contributed by atoms with Gasteiger partial charge in [-0.2, -0.15) is 0 Å². The van der Waals surface area contributed by atoms with Gasteiger partial charge in [0.1, 0.15) is 0 Å². The lowest BCUT2D eigenvalue weighted by atomic mass is 10.1. The molecule has 0 aromatic heterocycles. The molecule has 0 N–H and O–H groups in total. The topological polar surface area (TPSA) is 17.1 Å². The average Bonchev–Trinajstić information content (AvgIpc) is 2.12. The van der Waals surface area contributed by atoms with E-state index in [4.69, 9.17) is 23.2 Å². The molecule has 74 valence electrons. The molecule has 0 amide bonds. The number of rotatable bonds is 4. The quantitative estimate of drug-likeness (QED) is 0.560. The number of halogens is 2. The van der Waals surface area contributed by atoms with Crippen LogP contribution in [0.15, 0.2) is 30.9 Å². The molecule has 0 bridgehead atoms. The van der Waals surface area contributed by atoms with E-state index >= 15 is 0 Å². The highest BCUT2D eigenvalue weighted by atomic mass is 35.5. The zero-order valence-electron chi connectivity index (χ0n) is 7.59. The molecule has 3 heteroatoms. The molecular weight excluding hydrogens is 219 g/mol. The predicted octanol–water partition coefficient (Wildman–Crippen LogP) is 4.14. The number of carbonyl (C=O) groups is 1. The summed E-state index contributed by atoms with van der Waals surface area (Å²) in [6.07, 6.45) is 2.83. The Balaban J connectivity index is 2.84. The molecule has 14 heavy (non-hydrogen) atoms. The summed E-state index contributed by atoms with van der Waals surface area (Å²) in [5.74, 6) is 0.0364. The van der Waals surface area contributed by atoms with Crippen molar-refractivity contribution in [2.24, 2.45) is 0 Å². The maximum absolute atomic E-state index is 11.5. The smallest absolute Gasteiger partial charge is 0.163 e. The summed E-state index contributed by atoms with van der Waals surface area (Å²) >= 11 is 11.5. The number of allylic oxidation sites excluding steroid dienone is 1. The number of hydrogen-bond acceptors (Lipinski definition) is 1. The van der Waals surface area contributed by atoms with Gasteiger partial charge in [0, 0.05) is 22.0 Å². The third-order valence-electron chi connectivity index (χ3n) is 1.76. The van der Waals surface area contributed by atoms with Crippen LogP contribution in [0.1, 0.15) is 23.2 Å². The van der Waals surface area contributed by atoms with Gasteiger partial charge >= 0.3 is 0 Å². The Morgan fingerprint density at radius 2 is 1.86 bits per heavy atom. The molecule has 0 atom stereocenters. The fourth-order valence-corrected chi connectivity index (χ4v) is 1.62. The molecule has 0 saturated carbocycles. The summed E-state index contributed by atoms with van der Waals surface area (Å²) in [6.45, 7) is 3.56. The Bertz CT molecular complexity index is 338. The normalized spacial score (nSPS) is 9.86. The van der Waals surface area contributed by atoms with Crippen molar-refractivity contribution >= 4 is 29.0 Å². The summed E-state index contributed by atoms with van der Waals surface area (Å²) in [5.41, 5.74) is 0.560. The maximum atomic E-state index is 11.5. The van der Waals surface area contributed by atoms with Crippen LogP contribution in [0.3, 0.4) is 0 Å². The highest BCUT2D eigenvalue weighted by molar-refractivity contribution is 6.35. The molecule has 0 heterocycles. The molecule has 0 radical (unpaired) electrons. The molecule has 0 aliphatic carbocycles. The van der Waals surface area contributed by atoms with E-state index in [1.54, 1.807) is 24.3 Å². The first-order valence-electron chi connectivity index (χ1n) is 4.23. The molecule has 1 aromatic rings. The largest absolute Gasteiger partial charge is 0.294 e. The van der Waals surface area contributed by atoms with Crippen molar-refractivity contribution < 1.29 is 4.79 Å². The minimum absolute atomic E-state index is 0.0364. The van der Waals surface area contributed by atoms with E-state index in [0.717, 1.165) is 0 Å². The summed E-state index contributed by atoms with van der Waals surface area (Å²) in [7, 11) is 0. The Morgan fingerprint density at radius 3 is 2.36 bits per heavy atom. The lowest BCUT2D eigenvalue weighted by Crippen LogP contribution is -1.97. The van der Waals surface area contributed by atoms with Crippen LogP contribution in [-0.2, 0) is 0 Å². The third kappa shape index (κ3) is 3.17. The van der Waals surface area contributed by atoms with Crippen LogP contribution < -0.4 is 0 Å². The van der Waals surface area contributed by atoms with E-state index in [1.165, 1.54) is 0 Å². The summed E-state index contributed by atoms with van der Waals surface area (Å²) in [5, 5.41) is 0.971. The molecule has 1 nitrogen and oxygen atoms in total. The molecule has 1 aromatic carbocycles. The fourth-order valence-electron chi connectivity index (χ4n) is 1.09. The van der Waals surface area contributed by atoms with Crippen molar-refractivity contribution in [3.05, 3.63) is 46.5 Å². The summed E-state index contributed by atoms with van der Waals surface area (Å²) in [6, 6.07) is 4.85. The first kappa shape index (κ1) is 11.3. The zero-order chi connectivity index (χ0) is 10.6. The van der Waals surface area contributed by atoms with Gasteiger partial charge in [-0.15, -0.1) is 6.58 Å². The van der Waals surface area contributed by atoms with E-state index < -0.39 is 0 Å². The second-order valence-corrected chi connectivity index (χ2v) is 3.78. The standard InChI is InChI=1S/C11H10Cl2O/c1-2-3-4-11(14)8-5-9(12)7-10(13)6-8/h2,5-7H,1,3-4H2. The van der Waals surface area contributed by atoms with Crippen molar-refractivity contribution in [2.45, 2.75) is 12.8 Å². The first-order chi connectivity index (χ1) is 6.63. The number of benzene rings is 1. The minimum atomic E-state index is 0.0364. The van der Waals surface area contributed by atoms with E-state index in [-0.39, 0.29) is 5.78 Å². The highest BCUT2D eigenvalue weighted by Gasteiger charge is 2.06. The van der Waals surface area contributed by atoms with E-state index in [0.29, 0.717) is 28.5 Å². The molecule has 1 rings (SSSR count). The summed E-state index contributed by atoms with van der Waals surface area (Å²) in [4.78, 5) is 11.5. The van der Waals surface area contributed by atoms with Gasteiger partial charge in [-0.05, 0) is 24.6 Å². The monoisotopic (exact) mass is 228 g/mol. The molecular formula is C11H10Cl2O. The fraction of sp³-hybridized carbons (Fsp3) is 0.182. The van der Waals surface area contributed by atoms with Crippen LogP contribution in [0.2, 0.25) is 10.0 Å². The highest BCUT2D eigenvalue weighted by Crippen LogP contribution is 2.20. The molecule has 0 aliphatic rings. The molecule has 0 fully saturated rings. The SMILES string of the molecule is C=CCCC(=O)c1cc(Cl)cc(Cl)c1. The van der Waals surface area contributed by atoms with Gasteiger partial charge in [-0.1, -0.05) is 29.3 Å². The van der Waals surface area contributed by atoms with Gasteiger partial charge in [0.05, 0.1) is 0 Å². The zero-order valence-corrected chi connectivity index (χ0v) is 9.11. The number of Topliss-reactive ketones (excluding diaryl/α,β-unsaturated/α-hetero) is 1. The second-order valence-electron chi connectivity index (χ2n) is 2.91. The third-order valence-corrected chi connectivity index (χ3v) is 2.20. The van der Waals surface area contributed by atoms with Crippen LogP contribution in [0.5, 0.6) is 0 Å². The predicted molar refractivity (Wildman–Crippen MR) is 60.2 cm³/mol. The lowest BCUT2D eigenvalue weighted by molar-refractivity contribution is 0.0983. The van der Waals surface area contributed by atoms with Crippen LogP contribution in [0.25, 0.3) is 0 Å². The van der Waals surface area contributed by atoms with Crippen LogP contribution in [0, 0.1) is 0 Å². The Labute approximate surface area is 93.3 Å². The minimum Gasteiger partial charge on any atom is -0.294 e. The van der Waals surface area contributed by atoms with Gasteiger partial charge in [0.25, 0.3) is 0 Å². The number of ketones is 1. The van der Waals surface area contributed by atoms with Gasteiger partial charge in [0.15, 0.2) is 5.78 Å². The summed E-state index contributed by atoms with van der Waals surface area (Å²) < 4.78 is 0. The van der Waals surface area contributed by atoms with Crippen molar-refractivity contribution in [1.29, 1.82) is 0 Å². The van der Waals surface area contributed by atoms with Crippen molar-refractivity contribution in [3.8, 4) is 0 Å². The van der Waals surface area contributed by atoms with E-state index in [9.17, 15) is 4.79 Å².